The first kappa shape index (κ1) is 14.2. The van der Waals surface area contributed by atoms with Crippen LogP contribution in [0.3, 0.4) is 0 Å². The van der Waals surface area contributed by atoms with Gasteiger partial charge >= 0.3 is 5.00 Å². The summed E-state index contributed by atoms with van der Waals surface area (Å²) < 4.78 is 2.00. The van der Waals surface area contributed by atoms with E-state index < -0.39 is 4.92 Å². The topological polar surface area (TPSA) is 85.9 Å². The van der Waals surface area contributed by atoms with E-state index in [1.165, 1.54) is 11.8 Å². The first-order valence-corrected chi connectivity index (χ1v) is 7.40. The number of hydrogen-bond acceptors (Lipinski definition) is 6. The van der Waals surface area contributed by atoms with Gasteiger partial charge in [-0.05, 0) is 22.5 Å². The van der Waals surface area contributed by atoms with Crippen molar-refractivity contribution in [3.8, 4) is 0 Å². The molecule has 1 N–H and O–H groups in total. The number of thiazole rings is 1. The van der Waals surface area contributed by atoms with E-state index in [9.17, 15) is 10.1 Å². The fourth-order valence-electron chi connectivity index (χ4n) is 2.04. The molecule has 3 rings (SSSR count). The maximum atomic E-state index is 10.6. The molecule has 3 aromatic rings. The molecule has 1 aromatic carbocycles. The standard InChI is InChI=1S/C14H13N5O2S/c20-19(21)13-8-17-14(22-13)16-7-11-2-1-3-12(6-11)9-18-5-4-15-10-18/h1-6,8,10H,7,9H2,(H,16,17). The Labute approximate surface area is 130 Å². The molecule has 0 saturated carbocycles. The minimum Gasteiger partial charge on any atom is -0.357 e. The van der Waals surface area contributed by atoms with Crippen LogP contribution in [-0.2, 0) is 13.1 Å². The lowest BCUT2D eigenvalue weighted by Crippen LogP contribution is -2.01. The number of benzene rings is 1. The van der Waals surface area contributed by atoms with Crippen LogP contribution in [-0.4, -0.2) is 19.5 Å². The zero-order valence-corrected chi connectivity index (χ0v) is 12.4. The van der Waals surface area contributed by atoms with E-state index in [1.807, 2.05) is 22.9 Å². The van der Waals surface area contributed by atoms with Crippen molar-refractivity contribution in [3.63, 3.8) is 0 Å². The van der Waals surface area contributed by atoms with Crippen molar-refractivity contribution in [2.45, 2.75) is 13.1 Å². The SMILES string of the molecule is O=[N+]([O-])c1cnc(NCc2cccc(Cn3ccnc3)c2)s1. The van der Waals surface area contributed by atoms with Gasteiger partial charge in [0.2, 0.25) is 0 Å². The largest absolute Gasteiger partial charge is 0.357 e. The molecule has 0 unspecified atom stereocenters. The van der Waals surface area contributed by atoms with Gasteiger partial charge in [-0.25, -0.2) is 9.97 Å². The van der Waals surface area contributed by atoms with Gasteiger partial charge in [-0.3, -0.25) is 10.1 Å². The first-order valence-electron chi connectivity index (χ1n) is 6.58. The van der Waals surface area contributed by atoms with Gasteiger partial charge in [0.05, 0.1) is 11.3 Å². The molecule has 0 radical (unpaired) electrons. The van der Waals surface area contributed by atoms with E-state index in [0.29, 0.717) is 11.7 Å². The maximum absolute atomic E-state index is 10.6. The highest BCUT2D eigenvalue weighted by atomic mass is 32.1. The minimum absolute atomic E-state index is 0.0383. The molecule has 0 fully saturated rings. The Morgan fingerprint density at radius 3 is 2.95 bits per heavy atom. The zero-order valence-electron chi connectivity index (χ0n) is 11.5. The van der Waals surface area contributed by atoms with Crippen molar-refractivity contribution in [1.82, 2.24) is 14.5 Å². The second kappa shape index (κ2) is 6.35. The predicted molar refractivity (Wildman–Crippen MR) is 83.9 cm³/mol. The van der Waals surface area contributed by atoms with Crippen molar-refractivity contribution >= 4 is 21.5 Å². The van der Waals surface area contributed by atoms with E-state index in [0.717, 1.165) is 23.4 Å². The Morgan fingerprint density at radius 2 is 2.23 bits per heavy atom. The van der Waals surface area contributed by atoms with Gasteiger partial charge in [0.1, 0.15) is 6.20 Å². The molecule has 22 heavy (non-hydrogen) atoms. The monoisotopic (exact) mass is 315 g/mol. The average Bonchev–Trinajstić information content (AvgIpc) is 3.17. The summed E-state index contributed by atoms with van der Waals surface area (Å²) in [5.74, 6) is 0. The maximum Gasteiger partial charge on any atom is 0.345 e. The Morgan fingerprint density at radius 1 is 1.36 bits per heavy atom. The summed E-state index contributed by atoms with van der Waals surface area (Å²) >= 11 is 1.03. The van der Waals surface area contributed by atoms with E-state index in [-0.39, 0.29) is 5.00 Å². The lowest BCUT2D eigenvalue weighted by molar-refractivity contribution is -0.380. The van der Waals surface area contributed by atoms with Crippen LogP contribution in [0.4, 0.5) is 10.1 Å². The lowest BCUT2D eigenvalue weighted by atomic mass is 10.1. The van der Waals surface area contributed by atoms with Crippen LogP contribution in [0, 0.1) is 10.1 Å². The van der Waals surface area contributed by atoms with Gasteiger partial charge in [-0.15, -0.1) is 0 Å². The summed E-state index contributed by atoms with van der Waals surface area (Å²) in [5, 5.41) is 14.3. The molecule has 2 aromatic heterocycles. The van der Waals surface area contributed by atoms with Crippen molar-refractivity contribution in [1.29, 1.82) is 0 Å². The molecule has 0 saturated heterocycles. The lowest BCUT2D eigenvalue weighted by Gasteiger charge is -2.06. The second-order valence-electron chi connectivity index (χ2n) is 4.67. The van der Waals surface area contributed by atoms with E-state index >= 15 is 0 Å². The van der Waals surface area contributed by atoms with Gasteiger partial charge in [-0.1, -0.05) is 24.3 Å². The summed E-state index contributed by atoms with van der Waals surface area (Å²) in [6.07, 6.45) is 6.71. The zero-order chi connectivity index (χ0) is 15.4. The predicted octanol–water partition coefficient (Wildman–Crippen LogP) is 2.91. The third-order valence-corrected chi connectivity index (χ3v) is 3.94. The molecule has 2 heterocycles. The molecule has 0 aliphatic heterocycles. The van der Waals surface area contributed by atoms with Gasteiger partial charge in [0, 0.05) is 25.5 Å². The first-order chi connectivity index (χ1) is 10.7. The summed E-state index contributed by atoms with van der Waals surface area (Å²) in [6, 6.07) is 8.15. The van der Waals surface area contributed by atoms with E-state index in [1.54, 1.807) is 12.5 Å². The molecule has 0 spiro atoms. The Bertz CT molecular complexity index is 769. The molecule has 0 aliphatic carbocycles. The highest BCUT2D eigenvalue weighted by Crippen LogP contribution is 2.25. The number of hydrogen-bond donors (Lipinski definition) is 1. The summed E-state index contributed by atoms with van der Waals surface area (Å²) in [5.41, 5.74) is 2.26. The van der Waals surface area contributed by atoms with Gasteiger partial charge in [0.15, 0.2) is 5.13 Å². The van der Waals surface area contributed by atoms with Crippen molar-refractivity contribution in [2.75, 3.05) is 5.32 Å². The van der Waals surface area contributed by atoms with Crippen LogP contribution in [0.2, 0.25) is 0 Å². The average molecular weight is 315 g/mol. The van der Waals surface area contributed by atoms with Crippen LogP contribution in [0.15, 0.2) is 49.2 Å². The summed E-state index contributed by atoms with van der Waals surface area (Å²) in [6.45, 7) is 1.33. The fourth-order valence-corrected chi connectivity index (χ4v) is 2.67. The Hall–Kier alpha value is -2.74. The second-order valence-corrected chi connectivity index (χ2v) is 5.68. The Kier molecular flexibility index (Phi) is 4.10. The number of nitro groups is 1. The number of imidazole rings is 1. The quantitative estimate of drug-likeness (QED) is 0.558. The highest BCUT2D eigenvalue weighted by molar-refractivity contribution is 7.18. The van der Waals surface area contributed by atoms with E-state index in [2.05, 4.69) is 27.4 Å². The number of nitrogens with one attached hydrogen (secondary N) is 1. The smallest absolute Gasteiger partial charge is 0.345 e. The third kappa shape index (κ3) is 3.47. The molecule has 0 bridgehead atoms. The van der Waals surface area contributed by atoms with Crippen molar-refractivity contribution in [3.05, 3.63) is 70.4 Å². The van der Waals surface area contributed by atoms with Crippen molar-refractivity contribution < 1.29 is 4.92 Å². The number of anilines is 1. The molecule has 0 amide bonds. The minimum atomic E-state index is -0.436. The molecule has 7 nitrogen and oxygen atoms in total. The summed E-state index contributed by atoms with van der Waals surface area (Å²) in [4.78, 5) is 18.2. The fraction of sp³-hybridized carbons (Fsp3) is 0.143. The van der Waals surface area contributed by atoms with Crippen LogP contribution in [0.1, 0.15) is 11.1 Å². The molecule has 8 heteroatoms. The van der Waals surface area contributed by atoms with Gasteiger partial charge in [0.25, 0.3) is 0 Å². The highest BCUT2D eigenvalue weighted by Gasteiger charge is 2.10. The van der Waals surface area contributed by atoms with Gasteiger partial charge in [-0.2, -0.15) is 0 Å². The molecular formula is C14H13N5O2S. The third-order valence-electron chi connectivity index (χ3n) is 3.03. The molecular weight excluding hydrogens is 302 g/mol. The molecule has 0 atom stereocenters. The number of nitrogens with zero attached hydrogens (tertiary/aromatic N) is 4. The van der Waals surface area contributed by atoms with Crippen LogP contribution >= 0.6 is 11.3 Å². The van der Waals surface area contributed by atoms with Crippen molar-refractivity contribution in [2.24, 2.45) is 0 Å². The Balaban J connectivity index is 1.63. The molecule has 112 valence electrons. The molecule has 0 aliphatic rings. The number of aromatic nitrogens is 3. The van der Waals surface area contributed by atoms with Crippen LogP contribution in [0.5, 0.6) is 0 Å². The van der Waals surface area contributed by atoms with Crippen LogP contribution in [0.25, 0.3) is 0 Å². The van der Waals surface area contributed by atoms with Gasteiger partial charge < -0.3 is 9.88 Å². The number of rotatable bonds is 6. The van der Waals surface area contributed by atoms with Crippen LogP contribution < -0.4 is 5.32 Å². The summed E-state index contributed by atoms with van der Waals surface area (Å²) in [7, 11) is 0. The van der Waals surface area contributed by atoms with E-state index in [4.69, 9.17) is 0 Å². The normalized spacial score (nSPS) is 10.5.